The first-order valence-corrected chi connectivity index (χ1v) is 8.12. The van der Waals surface area contributed by atoms with Gasteiger partial charge in [0, 0.05) is 5.69 Å². The summed E-state index contributed by atoms with van der Waals surface area (Å²) in [7, 11) is 2.81. The first-order valence-electron chi connectivity index (χ1n) is 8.12. The summed E-state index contributed by atoms with van der Waals surface area (Å²) in [4.78, 5) is 39.7. The van der Waals surface area contributed by atoms with Gasteiger partial charge < -0.3 is 14.4 Å². The Morgan fingerprint density at radius 2 is 1.76 bits per heavy atom. The van der Waals surface area contributed by atoms with E-state index in [1.165, 1.54) is 12.0 Å². The van der Waals surface area contributed by atoms with Crippen LogP contribution in [0.1, 0.15) is 26.7 Å². The highest BCUT2D eigenvalue weighted by Gasteiger charge is 2.65. The number of rotatable bonds is 3. The molecule has 1 aromatic rings. The number of hydrogen-bond donors (Lipinski definition) is 0. The van der Waals surface area contributed by atoms with Gasteiger partial charge in [-0.25, -0.2) is 0 Å². The van der Waals surface area contributed by atoms with E-state index in [-0.39, 0.29) is 6.42 Å². The molecule has 1 aliphatic heterocycles. The minimum atomic E-state index is -1.46. The lowest BCUT2D eigenvalue weighted by molar-refractivity contribution is -0.159. The highest BCUT2D eigenvalue weighted by Crippen LogP contribution is 2.49. The first kappa shape index (κ1) is 17.2. The van der Waals surface area contributed by atoms with Crippen molar-refractivity contribution in [1.82, 2.24) is 0 Å². The summed E-state index contributed by atoms with van der Waals surface area (Å²) in [6.07, 6.45) is 0.678. The summed E-state index contributed by atoms with van der Waals surface area (Å²) in [6, 6.07) is 6.32. The SMILES string of the molecule is COC(=O)[C@]12CC(C)=C(C)C[C@H]1N(c1ccc(OC)cc1)C(=O)C2=O. The number of benzene rings is 1. The minimum absolute atomic E-state index is 0.216. The predicted octanol–water partition coefficient (Wildman–Crippen LogP) is 2.27. The molecule has 0 saturated carbocycles. The number of ketones is 1. The molecular formula is C19H21NO5. The average Bonchev–Trinajstić information content (AvgIpc) is 2.83. The van der Waals surface area contributed by atoms with Crippen LogP contribution in [0.3, 0.4) is 0 Å². The third-order valence-electron chi connectivity index (χ3n) is 5.37. The zero-order valence-electron chi connectivity index (χ0n) is 14.8. The number of Topliss-reactive ketones (excluding diaryl/α,β-unsaturated/α-hetero) is 1. The van der Waals surface area contributed by atoms with E-state index in [1.54, 1.807) is 31.4 Å². The van der Waals surface area contributed by atoms with Crippen molar-refractivity contribution in [2.75, 3.05) is 19.1 Å². The second-order valence-corrected chi connectivity index (χ2v) is 6.62. The van der Waals surface area contributed by atoms with Gasteiger partial charge in [-0.3, -0.25) is 14.4 Å². The maximum atomic E-state index is 12.9. The molecule has 6 heteroatoms. The number of allylic oxidation sites excluding steroid dienone is 1. The van der Waals surface area contributed by atoms with Gasteiger partial charge in [-0.1, -0.05) is 11.1 Å². The van der Waals surface area contributed by atoms with Gasteiger partial charge in [0.15, 0.2) is 5.41 Å². The third kappa shape index (κ3) is 2.35. The summed E-state index contributed by atoms with van der Waals surface area (Å²) >= 11 is 0. The van der Waals surface area contributed by atoms with E-state index >= 15 is 0 Å². The first-order chi connectivity index (χ1) is 11.9. The summed E-state index contributed by atoms with van der Waals surface area (Å²) in [5.74, 6) is -1.34. The molecule has 1 aliphatic carbocycles. The molecule has 0 unspecified atom stereocenters. The smallest absolute Gasteiger partial charge is 0.322 e. The van der Waals surface area contributed by atoms with Gasteiger partial charge in [-0.15, -0.1) is 0 Å². The fourth-order valence-electron chi connectivity index (χ4n) is 3.83. The Labute approximate surface area is 146 Å². The summed E-state index contributed by atoms with van der Waals surface area (Å²) in [5, 5.41) is 0. The van der Waals surface area contributed by atoms with Crippen LogP contribution in [0.15, 0.2) is 35.4 Å². The number of amides is 1. The highest BCUT2D eigenvalue weighted by atomic mass is 16.5. The Hall–Kier alpha value is -2.63. The van der Waals surface area contributed by atoms with Crippen LogP contribution in [0.4, 0.5) is 5.69 Å². The van der Waals surface area contributed by atoms with E-state index in [2.05, 4.69) is 0 Å². The maximum Gasteiger partial charge on any atom is 0.322 e. The lowest BCUT2D eigenvalue weighted by Gasteiger charge is -2.38. The zero-order chi connectivity index (χ0) is 18.4. The molecule has 0 bridgehead atoms. The number of hydrogen-bond acceptors (Lipinski definition) is 5. The van der Waals surface area contributed by atoms with Crippen LogP contribution in [0.25, 0.3) is 0 Å². The van der Waals surface area contributed by atoms with Crippen LogP contribution in [0, 0.1) is 5.41 Å². The number of carbonyl (C=O) groups excluding carboxylic acids is 3. The number of carbonyl (C=O) groups is 3. The van der Waals surface area contributed by atoms with E-state index in [9.17, 15) is 14.4 Å². The number of esters is 1. The number of fused-ring (bicyclic) bond motifs is 1. The molecule has 2 aliphatic rings. The van der Waals surface area contributed by atoms with E-state index in [0.29, 0.717) is 17.9 Å². The van der Waals surface area contributed by atoms with Crippen LogP contribution in [0.2, 0.25) is 0 Å². The van der Waals surface area contributed by atoms with Crippen molar-refractivity contribution in [3.8, 4) is 5.75 Å². The Morgan fingerprint density at radius 1 is 1.12 bits per heavy atom. The molecular weight excluding hydrogens is 322 g/mol. The molecule has 2 atom stereocenters. The van der Waals surface area contributed by atoms with Crippen molar-refractivity contribution in [3.05, 3.63) is 35.4 Å². The van der Waals surface area contributed by atoms with E-state index in [1.807, 2.05) is 13.8 Å². The molecule has 6 nitrogen and oxygen atoms in total. The van der Waals surface area contributed by atoms with Gasteiger partial charge in [0.25, 0.3) is 5.91 Å². The zero-order valence-corrected chi connectivity index (χ0v) is 14.8. The Morgan fingerprint density at radius 3 is 2.32 bits per heavy atom. The largest absolute Gasteiger partial charge is 0.497 e. The lowest BCUT2D eigenvalue weighted by atomic mass is 9.68. The Balaban J connectivity index is 2.13. The van der Waals surface area contributed by atoms with Gasteiger partial charge in [0.2, 0.25) is 5.78 Å². The van der Waals surface area contributed by atoms with E-state index in [4.69, 9.17) is 9.47 Å². The minimum Gasteiger partial charge on any atom is -0.497 e. The van der Waals surface area contributed by atoms with E-state index in [0.717, 1.165) is 11.1 Å². The van der Waals surface area contributed by atoms with Gasteiger partial charge >= 0.3 is 5.97 Å². The molecule has 1 saturated heterocycles. The fourth-order valence-corrected chi connectivity index (χ4v) is 3.83. The Bertz CT molecular complexity index is 780. The number of ether oxygens (including phenoxy) is 2. The molecule has 1 aromatic carbocycles. The second-order valence-electron chi connectivity index (χ2n) is 6.62. The van der Waals surface area contributed by atoms with Crippen molar-refractivity contribution < 1.29 is 23.9 Å². The fraction of sp³-hybridized carbons (Fsp3) is 0.421. The van der Waals surface area contributed by atoms with Crippen molar-refractivity contribution in [1.29, 1.82) is 0 Å². The van der Waals surface area contributed by atoms with Crippen molar-refractivity contribution in [2.45, 2.75) is 32.7 Å². The lowest BCUT2D eigenvalue weighted by Crippen LogP contribution is -2.50. The predicted molar refractivity (Wildman–Crippen MR) is 91.3 cm³/mol. The number of anilines is 1. The molecule has 1 amide bonds. The second kappa shape index (κ2) is 6.02. The van der Waals surface area contributed by atoms with Crippen LogP contribution >= 0.6 is 0 Å². The van der Waals surface area contributed by atoms with Crippen molar-refractivity contribution >= 4 is 23.3 Å². The molecule has 1 fully saturated rings. The molecule has 25 heavy (non-hydrogen) atoms. The monoisotopic (exact) mass is 343 g/mol. The molecule has 0 N–H and O–H groups in total. The normalized spacial score (nSPS) is 25.9. The van der Waals surface area contributed by atoms with Gasteiger partial charge in [-0.05, 0) is 51.0 Å². The highest BCUT2D eigenvalue weighted by molar-refractivity contribution is 6.49. The molecule has 0 spiro atoms. The molecule has 0 aromatic heterocycles. The quantitative estimate of drug-likeness (QED) is 0.364. The molecule has 0 radical (unpaired) electrons. The third-order valence-corrected chi connectivity index (χ3v) is 5.37. The van der Waals surface area contributed by atoms with E-state index < -0.39 is 29.1 Å². The maximum absolute atomic E-state index is 12.9. The summed E-state index contributed by atoms with van der Waals surface area (Å²) in [6.45, 7) is 3.86. The summed E-state index contributed by atoms with van der Waals surface area (Å²) in [5.41, 5.74) is 1.15. The summed E-state index contributed by atoms with van der Waals surface area (Å²) < 4.78 is 10.1. The molecule has 1 heterocycles. The standard InChI is InChI=1S/C19H21NO5/c1-11-9-15-19(10-12(11)2,18(23)25-4)16(21)17(22)20(15)13-5-7-14(24-3)8-6-13/h5-8,15H,9-10H2,1-4H3/t15-,19-/m1/s1. The topological polar surface area (TPSA) is 72.9 Å². The molecule has 132 valence electrons. The van der Waals surface area contributed by atoms with Crippen molar-refractivity contribution in [3.63, 3.8) is 0 Å². The van der Waals surface area contributed by atoms with Crippen LogP contribution in [-0.4, -0.2) is 37.9 Å². The number of nitrogens with zero attached hydrogens (tertiary/aromatic N) is 1. The van der Waals surface area contributed by atoms with Gasteiger partial charge in [0.05, 0.1) is 20.3 Å². The Kier molecular flexibility index (Phi) is 4.14. The number of methoxy groups -OCH3 is 2. The van der Waals surface area contributed by atoms with Crippen molar-refractivity contribution in [2.24, 2.45) is 5.41 Å². The van der Waals surface area contributed by atoms with Gasteiger partial charge in [-0.2, -0.15) is 0 Å². The van der Waals surface area contributed by atoms with Crippen LogP contribution in [-0.2, 0) is 19.1 Å². The van der Waals surface area contributed by atoms with Crippen LogP contribution < -0.4 is 9.64 Å². The molecule has 3 rings (SSSR count). The van der Waals surface area contributed by atoms with Gasteiger partial charge in [0.1, 0.15) is 5.75 Å². The van der Waals surface area contributed by atoms with Crippen LogP contribution in [0.5, 0.6) is 5.75 Å². The average molecular weight is 343 g/mol.